The molecule has 49 heavy (non-hydrogen) atoms. The molecule has 0 fully saturated rings. The first-order chi connectivity index (χ1) is 24.2. The van der Waals surface area contributed by atoms with E-state index in [0.717, 1.165) is 89.6 Å². The van der Waals surface area contributed by atoms with Crippen molar-refractivity contribution in [3.63, 3.8) is 0 Å². The van der Waals surface area contributed by atoms with Crippen molar-refractivity contribution in [2.45, 2.75) is 12.8 Å². The van der Waals surface area contributed by atoms with Crippen LogP contribution in [0.3, 0.4) is 0 Å². The number of hydrogen-bond donors (Lipinski definition) is 0. The maximum Gasteiger partial charge on any atom is 0.171 e. The number of rotatable bonds is 6. The van der Waals surface area contributed by atoms with Crippen LogP contribution in [0.15, 0.2) is 162 Å². The van der Waals surface area contributed by atoms with Crippen LogP contribution in [0.4, 0.5) is 0 Å². The standard InChI is InChI=1S/C45H32NO2P/c47-49(35-15-6-2-7-16-35,36-17-8-3-9-18-36)37-29-27-32(28-30-37)31-23-25-33(26-24-31)38-20-12-21-40-42-39-19-10-11-22-41(39)48-45(42)43(46-44(38)40)34-13-4-1-5-14-34/h1-9,12-30H,10-11H2. The van der Waals surface area contributed by atoms with Gasteiger partial charge < -0.3 is 8.98 Å². The summed E-state index contributed by atoms with van der Waals surface area (Å²) >= 11 is 0. The second-order valence-electron chi connectivity index (χ2n) is 12.5. The van der Waals surface area contributed by atoms with Crippen LogP contribution >= 0.6 is 7.14 Å². The normalized spacial score (nSPS) is 12.7. The van der Waals surface area contributed by atoms with Crippen LogP contribution in [0.1, 0.15) is 12.8 Å². The van der Waals surface area contributed by atoms with Gasteiger partial charge in [0.1, 0.15) is 11.1 Å². The molecule has 3 nitrogen and oxygen atoms in total. The summed E-state index contributed by atoms with van der Waals surface area (Å²) in [5.74, 6) is 0. The third kappa shape index (κ3) is 4.98. The number of nitrogens with zero attached hydrogens (tertiary/aromatic N) is 1. The summed E-state index contributed by atoms with van der Waals surface area (Å²) in [4.78, 5) is 5.31. The molecule has 0 unspecified atom stereocenters. The Labute approximate surface area is 284 Å². The van der Waals surface area contributed by atoms with Crippen molar-refractivity contribution < 1.29 is 8.98 Å². The number of aromatic nitrogens is 1. The van der Waals surface area contributed by atoms with Crippen molar-refractivity contribution >= 4 is 57.1 Å². The van der Waals surface area contributed by atoms with Crippen LogP contribution in [0.5, 0.6) is 0 Å². The Bertz CT molecular complexity index is 2600. The molecule has 4 heteroatoms. The Hall–Kier alpha value is -5.76. The van der Waals surface area contributed by atoms with Crippen LogP contribution in [-0.4, -0.2) is 4.98 Å². The summed E-state index contributed by atoms with van der Waals surface area (Å²) in [5.41, 5.74) is 9.01. The van der Waals surface area contributed by atoms with Crippen LogP contribution in [0.25, 0.3) is 67.5 Å². The summed E-state index contributed by atoms with van der Waals surface area (Å²) < 4.78 is 21.3. The minimum atomic E-state index is -3.02. The maximum atomic E-state index is 14.8. The van der Waals surface area contributed by atoms with E-state index in [1.54, 1.807) is 0 Å². The SMILES string of the molecule is O=P(c1ccccc1)(c1ccccc1)c1ccc(-c2ccc(-c3cccc4c3nc(-c3ccccc3)c3oc5c(c34)=CCCC=5)cc2)cc1. The molecular weight excluding hydrogens is 617 g/mol. The van der Waals surface area contributed by atoms with Crippen molar-refractivity contribution in [2.24, 2.45) is 0 Å². The quantitative estimate of drug-likeness (QED) is 0.169. The highest BCUT2D eigenvalue weighted by molar-refractivity contribution is 7.85. The van der Waals surface area contributed by atoms with E-state index in [4.69, 9.17) is 9.40 Å². The molecule has 0 atom stereocenters. The molecule has 234 valence electrons. The molecule has 1 aliphatic carbocycles. The predicted octanol–water partition coefficient (Wildman–Crippen LogP) is 8.98. The monoisotopic (exact) mass is 649 g/mol. The molecule has 2 heterocycles. The maximum absolute atomic E-state index is 14.8. The zero-order chi connectivity index (χ0) is 32.8. The highest BCUT2D eigenvalue weighted by Gasteiger charge is 2.29. The van der Waals surface area contributed by atoms with Gasteiger partial charge in [0.25, 0.3) is 0 Å². The molecule has 6 aromatic carbocycles. The third-order valence-electron chi connectivity index (χ3n) is 9.61. The van der Waals surface area contributed by atoms with Gasteiger partial charge in [0.15, 0.2) is 12.7 Å². The molecule has 0 bridgehead atoms. The molecular formula is C45H32NO2P. The van der Waals surface area contributed by atoms with Gasteiger partial charge in [0.2, 0.25) is 0 Å². The molecule has 0 N–H and O–H groups in total. The van der Waals surface area contributed by atoms with Crippen LogP contribution in [-0.2, 0) is 4.57 Å². The first-order valence-electron chi connectivity index (χ1n) is 16.7. The van der Waals surface area contributed by atoms with E-state index in [1.165, 1.54) is 5.22 Å². The fraction of sp³-hybridized carbons (Fsp3) is 0.0444. The second-order valence-corrected chi connectivity index (χ2v) is 15.3. The van der Waals surface area contributed by atoms with Crippen molar-refractivity contribution in [1.29, 1.82) is 0 Å². The molecule has 0 saturated heterocycles. The zero-order valence-corrected chi connectivity index (χ0v) is 27.7. The van der Waals surface area contributed by atoms with Gasteiger partial charge in [-0.1, -0.05) is 164 Å². The van der Waals surface area contributed by atoms with Gasteiger partial charge >= 0.3 is 0 Å². The summed E-state index contributed by atoms with van der Waals surface area (Å²) in [6, 6.07) is 53.3. The van der Waals surface area contributed by atoms with Gasteiger partial charge in [0.05, 0.1) is 5.52 Å². The van der Waals surface area contributed by atoms with E-state index in [2.05, 4.69) is 78.9 Å². The number of hydrogen-bond acceptors (Lipinski definition) is 3. The highest BCUT2D eigenvalue weighted by Crippen LogP contribution is 2.43. The zero-order valence-electron chi connectivity index (χ0n) is 26.8. The largest absolute Gasteiger partial charge is 0.454 e. The van der Waals surface area contributed by atoms with Crippen molar-refractivity contribution in [1.82, 2.24) is 4.98 Å². The fourth-order valence-corrected chi connectivity index (χ4v) is 9.82. The summed E-state index contributed by atoms with van der Waals surface area (Å²) in [7, 11) is -3.02. The molecule has 0 aliphatic heterocycles. The lowest BCUT2D eigenvalue weighted by Crippen LogP contribution is -2.24. The van der Waals surface area contributed by atoms with E-state index < -0.39 is 7.14 Å². The molecule has 8 aromatic rings. The lowest BCUT2D eigenvalue weighted by atomic mass is 9.96. The first-order valence-corrected chi connectivity index (χ1v) is 18.4. The summed E-state index contributed by atoms with van der Waals surface area (Å²) in [5, 5.41) is 5.90. The van der Waals surface area contributed by atoms with E-state index in [1.807, 2.05) is 91.0 Å². The van der Waals surface area contributed by atoms with Crippen LogP contribution in [0.2, 0.25) is 0 Å². The Morgan fingerprint density at radius 2 is 1.06 bits per heavy atom. The topological polar surface area (TPSA) is 43.1 Å². The van der Waals surface area contributed by atoms with E-state index in [9.17, 15) is 4.57 Å². The summed E-state index contributed by atoms with van der Waals surface area (Å²) in [6.45, 7) is 0. The van der Waals surface area contributed by atoms with E-state index in [-0.39, 0.29) is 0 Å². The number of fused-ring (bicyclic) bond motifs is 5. The van der Waals surface area contributed by atoms with E-state index >= 15 is 0 Å². The molecule has 0 saturated carbocycles. The first kappa shape index (κ1) is 29.4. The van der Waals surface area contributed by atoms with Crippen molar-refractivity contribution in [3.05, 3.63) is 168 Å². The minimum absolute atomic E-state index is 0.823. The van der Waals surface area contributed by atoms with Crippen LogP contribution in [0, 0.1) is 0 Å². The lowest BCUT2D eigenvalue weighted by Gasteiger charge is -2.20. The van der Waals surface area contributed by atoms with Gasteiger partial charge in [-0.25, -0.2) is 4.98 Å². The Balaban J connectivity index is 1.13. The molecule has 0 amide bonds. The van der Waals surface area contributed by atoms with Gasteiger partial charge in [0, 0.05) is 43.0 Å². The van der Waals surface area contributed by atoms with Crippen molar-refractivity contribution in [3.8, 4) is 33.5 Å². The average Bonchev–Trinajstić information content (AvgIpc) is 3.58. The Kier molecular flexibility index (Phi) is 7.22. The van der Waals surface area contributed by atoms with E-state index in [0.29, 0.717) is 0 Å². The molecule has 2 aromatic heterocycles. The minimum Gasteiger partial charge on any atom is -0.454 e. The summed E-state index contributed by atoms with van der Waals surface area (Å²) in [6.07, 6.45) is 6.50. The number of para-hydroxylation sites is 1. The molecule has 1 aliphatic rings. The fourth-order valence-electron chi connectivity index (χ4n) is 7.17. The number of benzene rings is 6. The van der Waals surface area contributed by atoms with Gasteiger partial charge in [-0.05, 0) is 35.6 Å². The number of furan rings is 1. The average molecular weight is 650 g/mol. The number of pyridine rings is 1. The molecule has 0 radical (unpaired) electrons. The Morgan fingerprint density at radius 3 is 1.71 bits per heavy atom. The smallest absolute Gasteiger partial charge is 0.171 e. The van der Waals surface area contributed by atoms with Gasteiger partial charge in [-0.2, -0.15) is 0 Å². The third-order valence-corrected chi connectivity index (χ3v) is 12.7. The van der Waals surface area contributed by atoms with Gasteiger partial charge in [-0.15, -0.1) is 0 Å². The molecule has 9 rings (SSSR count). The lowest BCUT2D eigenvalue weighted by molar-refractivity contribution is 0.572. The molecule has 0 spiro atoms. The second kappa shape index (κ2) is 12.0. The van der Waals surface area contributed by atoms with Gasteiger partial charge in [-0.3, -0.25) is 0 Å². The van der Waals surface area contributed by atoms with Crippen molar-refractivity contribution in [2.75, 3.05) is 0 Å². The Morgan fingerprint density at radius 1 is 0.510 bits per heavy atom. The highest BCUT2D eigenvalue weighted by atomic mass is 31.2. The predicted molar refractivity (Wildman–Crippen MR) is 205 cm³/mol. The van der Waals surface area contributed by atoms with Crippen LogP contribution < -0.4 is 26.5 Å².